The Morgan fingerprint density at radius 2 is 1.65 bits per heavy atom. The molecular formula is C28H27NO5. The van der Waals surface area contributed by atoms with Crippen molar-refractivity contribution >= 4 is 23.1 Å². The van der Waals surface area contributed by atoms with Gasteiger partial charge >= 0.3 is 0 Å². The molecule has 1 heterocycles. The van der Waals surface area contributed by atoms with Crippen LogP contribution in [0.15, 0.2) is 84.4 Å². The Hall–Kier alpha value is -4.06. The predicted octanol–water partition coefficient (Wildman–Crippen LogP) is 5.50. The fourth-order valence-electron chi connectivity index (χ4n) is 4.06. The third-order valence-electron chi connectivity index (χ3n) is 5.47. The summed E-state index contributed by atoms with van der Waals surface area (Å²) < 4.78 is 11.3. The molecule has 1 fully saturated rings. The van der Waals surface area contributed by atoms with Gasteiger partial charge in [0, 0.05) is 17.3 Å². The van der Waals surface area contributed by atoms with E-state index in [1.807, 2.05) is 51.1 Å². The Balaban J connectivity index is 1.84. The van der Waals surface area contributed by atoms with Crippen LogP contribution in [-0.2, 0) is 9.59 Å². The summed E-state index contributed by atoms with van der Waals surface area (Å²) in [4.78, 5) is 27.9. The average Bonchev–Trinajstić information content (AvgIpc) is 3.10. The molecule has 0 bridgehead atoms. The first kappa shape index (κ1) is 23.1. The molecule has 1 saturated heterocycles. The van der Waals surface area contributed by atoms with Crippen molar-refractivity contribution in [1.82, 2.24) is 0 Å². The van der Waals surface area contributed by atoms with Crippen LogP contribution in [0.3, 0.4) is 0 Å². The van der Waals surface area contributed by atoms with Crippen molar-refractivity contribution in [3.05, 3.63) is 95.6 Å². The summed E-state index contributed by atoms with van der Waals surface area (Å²) >= 11 is 0. The molecule has 0 aliphatic carbocycles. The molecule has 6 nitrogen and oxygen atoms in total. The van der Waals surface area contributed by atoms with Gasteiger partial charge in [0.25, 0.3) is 11.7 Å². The maximum atomic E-state index is 13.3. The molecule has 1 atom stereocenters. The molecule has 0 saturated carbocycles. The lowest BCUT2D eigenvalue weighted by Gasteiger charge is -2.25. The first-order valence-electron chi connectivity index (χ1n) is 11.3. The number of ether oxygens (including phenoxy) is 2. The van der Waals surface area contributed by atoms with Crippen LogP contribution in [0.2, 0.25) is 0 Å². The van der Waals surface area contributed by atoms with E-state index in [9.17, 15) is 14.7 Å². The van der Waals surface area contributed by atoms with Gasteiger partial charge in [-0.05, 0) is 62.7 Å². The molecule has 6 heteroatoms. The molecule has 1 aliphatic rings. The van der Waals surface area contributed by atoms with E-state index < -0.39 is 17.7 Å². The lowest BCUT2D eigenvalue weighted by molar-refractivity contribution is -0.132. The molecule has 1 unspecified atom stereocenters. The van der Waals surface area contributed by atoms with Crippen LogP contribution in [0.4, 0.5) is 5.69 Å². The number of aliphatic hydroxyl groups excluding tert-OH is 1. The minimum absolute atomic E-state index is 0.00954. The van der Waals surface area contributed by atoms with Gasteiger partial charge in [-0.15, -0.1) is 0 Å². The monoisotopic (exact) mass is 457 g/mol. The van der Waals surface area contributed by atoms with Crippen molar-refractivity contribution in [2.75, 3.05) is 11.5 Å². The zero-order valence-corrected chi connectivity index (χ0v) is 19.4. The molecule has 174 valence electrons. The van der Waals surface area contributed by atoms with E-state index in [0.717, 1.165) is 0 Å². The number of amides is 1. The maximum Gasteiger partial charge on any atom is 0.300 e. The minimum Gasteiger partial charge on any atom is -0.507 e. The quantitative estimate of drug-likeness (QED) is 0.288. The first-order valence-corrected chi connectivity index (χ1v) is 11.3. The van der Waals surface area contributed by atoms with Crippen molar-refractivity contribution in [2.24, 2.45) is 0 Å². The van der Waals surface area contributed by atoms with Crippen molar-refractivity contribution < 1.29 is 24.2 Å². The molecule has 34 heavy (non-hydrogen) atoms. The fourth-order valence-corrected chi connectivity index (χ4v) is 4.06. The number of anilines is 1. The second-order valence-electron chi connectivity index (χ2n) is 8.20. The van der Waals surface area contributed by atoms with E-state index in [4.69, 9.17) is 9.47 Å². The average molecular weight is 458 g/mol. The third-order valence-corrected chi connectivity index (χ3v) is 5.47. The van der Waals surface area contributed by atoms with Gasteiger partial charge in [-0.25, -0.2) is 0 Å². The molecule has 3 aromatic rings. The minimum atomic E-state index is -0.787. The predicted molar refractivity (Wildman–Crippen MR) is 131 cm³/mol. The first-order chi connectivity index (χ1) is 16.4. The maximum absolute atomic E-state index is 13.3. The van der Waals surface area contributed by atoms with Gasteiger partial charge in [0.2, 0.25) is 0 Å². The number of rotatable bonds is 7. The van der Waals surface area contributed by atoms with Crippen LogP contribution in [0, 0.1) is 0 Å². The Labute approximate surface area is 199 Å². The molecule has 0 aromatic heterocycles. The van der Waals surface area contributed by atoms with E-state index in [1.54, 1.807) is 48.5 Å². The number of hydrogen-bond acceptors (Lipinski definition) is 5. The van der Waals surface area contributed by atoms with E-state index in [1.165, 1.54) is 4.90 Å². The second-order valence-corrected chi connectivity index (χ2v) is 8.20. The highest BCUT2D eigenvalue weighted by Crippen LogP contribution is 2.42. The Bertz CT molecular complexity index is 1220. The number of nitrogens with zero attached hydrogens (tertiary/aromatic N) is 1. The summed E-state index contributed by atoms with van der Waals surface area (Å²) in [6.45, 7) is 6.20. The molecule has 0 spiro atoms. The molecule has 0 radical (unpaired) electrons. The van der Waals surface area contributed by atoms with Gasteiger partial charge in [0.1, 0.15) is 17.3 Å². The largest absolute Gasteiger partial charge is 0.507 e. The number of hydrogen-bond donors (Lipinski definition) is 1. The second kappa shape index (κ2) is 9.83. The van der Waals surface area contributed by atoms with E-state index in [2.05, 4.69) is 0 Å². The molecule has 1 aliphatic heterocycles. The van der Waals surface area contributed by atoms with Crippen molar-refractivity contribution in [3.8, 4) is 11.5 Å². The van der Waals surface area contributed by atoms with Gasteiger partial charge in [0.15, 0.2) is 0 Å². The summed E-state index contributed by atoms with van der Waals surface area (Å²) in [7, 11) is 0. The Morgan fingerprint density at radius 3 is 2.29 bits per heavy atom. The summed E-state index contributed by atoms with van der Waals surface area (Å²) in [5, 5.41) is 11.2. The van der Waals surface area contributed by atoms with Crippen LogP contribution >= 0.6 is 0 Å². The van der Waals surface area contributed by atoms with Crippen LogP contribution in [0.1, 0.15) is 37.9 Å². The fraction of sp³-hybridized carbons (Fsp3) is 0.214. The summed E-state index contributed by atoms with van der Waals surface area (Å²) in [5.74, 6) is -0.431. The zero-order valence-electron chi connectivity index (χ0n) is 19.4. The number of carbonyl (C=O) groups excluding carboxylic acids is 2. The number of benzene rings is 3. The standard InChI is InChI=1S/C28H27NO5/c1-4-33-23-12-8-11-21(17-23)29-25(19-9-6-5-7-10-19)24(27(31)28(29)32)26(30)20-13-15-22(16-14-20)34-18(2)3/h5-18,25,30H,4H2,1-3H3/b26-24+. The van der Waals surface area contributed by atoms with Crippen LogP contribution in [0.5, 0.6) is 11.5 Å². The van der Waals surface area contributed by atoms with Gasteiger partial charge in [-0.1, -0.05) is 36.4 Å². The number of carbonyl (C=O) groups is 2. The van der Waals surface area contributed by atoms with Crippen molar-refractivity contribution in [1.29, 1.82) is 0 Å². The molecule has 1 N–H and O–H groups in total. The summed E-state index contributed by atoms with van der Waals surface area (Å²) in [6, 6.07) is 22.3. The molecule has 1 amide bonds. The van der Waals surface area contributed by atoms with Crippen molar-refractivity contribution in [3.63, 3.8) is 0 Å². The van der Waals surface area contributed by atoms with E-state index in [0.29, 0.717) is 34.9 Å². The van der Waals surface area contributed by atoms with Crippen LogP contribution in [-0.4, -0.2) is 29.5 Å². The number of aliphatic hydroxyl groups is 1. The summed E-state index contributed by atoms with van der Waals surface area (Å²) in [6.07, 6.45) is 0.00954. The van der Waals surface area contributed by atoms with E-state index in [-0.39, 0.29) is 17.4 Å². The summed E-state index contributed by atoms with van der Waals surface area (Å²) in [5.41, 5.74) is 1.69. The number of Topliss-reactive ketones (excluding diaryl/α,β-unsaturated/α-hetero) is 1. The smallest absolute Gasteiger partial charge is 0.300 e. The highest BCUT2D eigenvalue weighted by molar-refractivity contribution is 6.51. The van der Waals surface area contributed by atoms with Gasteiger partial charge < -0.3 is 14.6 Å². The lowest BCUT2D eigenvalue weighted by Crippen LogP contribution is -2.29. The molecular weight excluding hydrogens is 430 g/mol. The number of ketones is 1. The highest BCUT2D eigenvalue weighted by Gasteiger charge is 2.47. The highest BCUT2D eigenvalue weighted by atomic mass is 16.5. The zero-order chi connectivity index (χ0) is 24.2. The van der Waals surface area contributed by atoms with E-state index >= 15 is 0 Å². The van der Waals surface area contributed by atoms with Gasteiger partial charge in [-0.2, -0.15) is 0 Å². The van der Waals surface area contributed by atoms with Crippen molar-refractivity contribution in [2.45, 2.75) is 32.9 Å². The van der Waals surface area contributed by atoms with Gasteiger partial charge in [-0.3, -0.25) is 14.5 Å². The topological polar surface area (TPSA) is 76.1 Å². The normalized spacial score (nSPS) is 17.3. The van der Waals surface area contributed by atoms with Gasteiger partial charge in [0.05, 0.1) is 24.3 Å². The lowest BCUT2D eigenvalue weighted by atomic mass is 9.95. The third kappa shape index (κ3) is 4.53. The Kier molecular flexibility index (Phi) is 6.68. The molecule has 4 rings (SSSR count). The SMILES string of the molecule is CCOc1cccc(N2C(=O)C(=O)/C(=C(/O)c3ccc(OC(C)C)cc3)C2c2ccccc2)c1. The molecule has 3 aromatic carbocycles. The van der Waals surface area contributed by atoms with Crippen LogP contribution in [0.25, 0.3) is 5.76 Å². The van der Waals surface area contributed by atoms with Crippen LogP contribution < -0.4 is 14.4 Å². The Morgan fingerprint density at radius 1 is 0.941 bits per heavy atom.